The molecule has 86 valence electrons. The van der Waals surface area contributed by atoms with E-state index in [1.54, 1.807) is 0 Å². The summed E-state index contributed by atoms with van der Waals surface area (Å²) in [4.78, 5) is 23.6. The number of aromatic nitrogens is 1. The highest BCUT2D eigenvalue weighted by Crippen LogP contribution is 2.30. The van der Waals surface area contributed by atoms with Gasteiger partial charge in [-0.3, -0.25) is 14.9 Å². The van der Waals surface area contributed by atoms with Crippen molar-refractivity contribution in [2.75, 3.05) is 0 Å². The summed E-state index contributed by atoms with van der Waals surface area (Å²) in [6.07, 6.45) is -3.09. The van der Waals surface area contributed by atoms with Crippen molar-refractivity contribution >= 4 is 45.1 Å². The van der Waals surface area contributed by atoms with E-state index in [1.165, 1.54) is 22.6 Å². The molecule has 0 aliphatic rings. The number of halogens is 4. The Kier molecular flexibility index (Phi) is 4.08. The number of nitrogens with zero attached hydrogens (tertiary/aromatic N) is 2. The molecule has 0 saturated heterocycles. The van der Waals surface area contributed by atoms with Crippen LogP contribution in [0.3, 0.4) is 0 Å². The number of pyridine rings is 1. The Labute approximate surface area is 106 Å². The van der Waals surface area contributed by atoms with Gasteiger partial charge in [0.2, 0.25) is 0 Å². The Morgan fingerprint density at radius 3 is 2.56 bits per heavy atom. The van der Waals surface area contributed by atoms with Gasteiger partial charge < -0.3 is 0 Å². The molecule has 0 unspecified atom stereocenters. The number of carbonyl (C=O) groups is 1. The predicted octanol–water partition coefficient (Wildman–Crippen LogP) is 2.91. The van der Waals surface area contributed by atoms with Crippen LogP contribution in [0.25, 0.3) is 0 Å². The second-order valence-corrected chi connectivity index (χ2v) is 3.93. The van der Waals surface area contributed by atoms with Crippen LogP contribution >= 0.6 is 34.2 Å². The normalized spacial score (nSPS) is 10.6. The maximum absolute atomic E-state index is 12.4. The van der Waals surface area contributed by atoms with E-state index in [0.29, 0.717) is 6.07 Å². The monoisotopic (exact) mass is 362 g/mol. The van der Waals surface area contributed by atoms with Crippen LogP contribution in [-0.4, -0.2) is 15.1 Å². The summed E-state index contributed by atoms with van der Waals surface area (Å²) >= 11 is 6.63. The van der Waals surface area contributed by atoms with Gasteiger partial charge in [0.15, 0.2) is 5.69 Å². The highest BCUT2D eigenvalue weighted by molar-refractivity contribution is 14.1. The second kappa shape index (κ2) is 4.95. The number of rotatable bonds is 3. The van der Waals surface area contributed by atoms with E-state index < -0.39 is 28.0 Å². The minimum atomic E-state index is -3.09. The van der Waals surface area contributed by atoms with Crippen LogP contribution in [-0.2, 0) is 0 Å². The SMILES string of the molecule is O=C(Cl)c1cc([N+](=O)[O-])c(C(F)F)nc1I. The molecular weight excluding hydrogens is 360 g/mol. The third-order valence-electron chi connectivity index (χ3n) is 1.60. The molecule has 5 nitrogen and oxygen atoms in total. The topological polar surface area (TPSA) is 73.1 Å². The summed E-state index contributed by atoms with van der Waals surface area (Å²) in [5.41, 5.74) is -2.16. The van der Waals surface area contributed by atoms with Gasteiger partial charge in [-0.15, -0.1) is 0 Å². The van der Waals surface area contributed by atoms with Gasteiger partial charge in [-0.1, -0.05) is 0 Å². The van der Waals surface area contributed by atoms with Crippen LogP contribution in [0.15, 0.2) is 6.07 Å². The van der Waals surface area contributed by atoms with Crippen molar-refractivity contribution in [1.82, 2.24) is 4.98 Å². The smallest absolute Gasteiger partial charge is 0.276 e. The van der Waals surface area contributed by atoms with Crippen molar-refractivity contribution in [3.05, 3.63) is 31.1 Å². The summed E-state index contributed by atoms with van der Waals surface area (Å²) in [5.74, 6) is 0. The van der Waals surface area contributed by atoms with Crippen LogP contribution in [0.1, 0.15) is 22.5 Å². The third-order valence-corrected chi connectivity index (χ3v) is 2.63. The average molecular weight is 362 g/mol. The van der Waals surface area contributed by atoms with E-state index in [1.807, 2.05) is 0 Å². The lowest BCUT2D eigenvalue weighted by molar-refractivity contribution is -0.386. The molecule has 0 aliphatic heterocycles. The fourth-order valence-corrected chi connectivity index (χ4v) is 1.90. The summed E-state index contributed by atoms with van der Waals surface area (Å²) < 4.78 is 24.7. The second-order valence-electron chi connectivity index (χ2n) is 2.56. The molecule has 0 spiro atoms. The maximum atomic E-state index is 12.4. The first kappa shape index (κ1) is 13.2. The van der Waals surface area contributed by atoms with Gasteiger partial charge in [0.05, 0.1) is 10.5 Å². The van der Waals surface area contributed by atoms with Crippen molar-refractivity contribution < 1.29 is 18.5 Å². The molecule has 9 heteroatoms. The lowest BCUT2D eigenvalue weighted by Crippen LogP contribution is -2.05. The van der Waals surface area contributed by atoms with Crippen molar-refractivity contribution in [3.8, 4) is 0 Å². The molecule has 0 aliphatic carbocycles. The molecule has 0 N–H and O–H groups in total. The van der Waals surface area contributed by atoms with Gasteiger partial charge in [0.1, 0.15) is 3.70 Å². The van der Waals surface area contributed by atoms with Gasteiger partial charge in [0, 0.05) is 6.07 Å². The Morgan fingerprint density at radius 1 is 1.62 bits per heavy atom. The third kappa shape index (κ3) is 2.61. The van der Waals surface area contributed by atoms with Gasteiger partial charge in [0.25, 0.3) is 17.4 Å². The highest BCUT2D eigenvalue weighted by atomic mass is 127. The largest absolute Gasteiger partial charge is 0.297 e. The molecule has 0 atom stereocenters. The quantitative estimate of drug-likeness (QED) is 0.272. The first-order valence-electron chi connectivity index (χ1n) is 3.67. The highest BCUT2D eigenvalue weighted by Gasteiger charge is 2.27. The van der Waals surface area contributed by atoms with Crippen molar-refractivity contribution in [3.63, 3.8) is 0 Å². The molecule has 0 bridgehead atoms. The Bertz CT molecular complexity index is 469. The van der Waals surface area contributed by atoms with Crippen molar-refractivity contribution in [2.24, 2.45) is 0 Å². The van der Waals surface area contributed by atoms with E-state index in [2.05, 4.69) is 4.98 Å². The molecule has 0 fully saturated rings. The summed E-state index contributed by atoms with van der Waals surface area (Å²) in [5, 5.41) is 9.50. The molecule has 0 radical (unpaired) electrons. The minimum absolute atomic E-state index is 0.0986. The Hall–Kier alpha value is -0.900. The van der Waals surface area contributed by atoms with E-state index in [-0.39, 0.29) is 9.26 Å². The van der Waals surface area contributed by atoms with Crippen molar-refractivity contribution in [2.45, 2.75) is 6.43 Å². The number of hydrogen-bond donors (Lipinski definition) is 0. The first-order valence-corrected chi connectivity index (χ1v) is 5.13. The standard InChI is InChI=1S/C7H2ClF2IN2O3/c8-5(14)2-1-3(13(15)16)4(6(9)10)12-7(2)11/h1,6H. The lowest BCUT2D eigenvalue weighted by atomic mass is 10.2. The van der Waals surface area contributed by atoms with Gasteiger partial charge in [-0.25, -0.2) is 13.8 Å². The molecule has 1 heterocycles. The van der Waals surface area contributed by atoms with Crippen LogP contribution in [0.5, 0.6) is 0 Å². The fraction of sp³-hybridized carbons (Fsp3) is 0.143. The first-order chi connectivity index (χ1) is 7.34. The van der Waals surface area contributed by atoms with Crippen LogP contribution in [0.4, 0.5) is 14.5 Å². The van der Waals surface area contributed by atoms with Crippen LogP contribution in [0.2, 0.25) is 0 Å². The summed E-state index contributed by atoms with van der Waals surface area (Å²) in [6.45, 7) is 0. The van der Waals surface area contributed by atoms with Crippen molar-refractivity contribution in [1.29, 1.82) is 0 Å². The van der Waals surface area contributed by atoms with Crippen LogP contribution in [0, 0.1) is 13.8 Å². The number of nitro groups is 1. The Morgan fingerprint density at radius 2 is 2.19 bits per heavy atom. The number of alkyl halides is 2. The van der Waals surface area contributed by atoms with E-state index in [0.717, 1.165) is 0 Å². The molecule has 0 amide bonds. The molecule has 1 aromatic rings. The predicted molar refractivity (Wildman–Crippen MR) is 58.7 cm³/mol. The molecular formula is C7H2ClF2IN2O3. The fourth-order valence-electron chi connectivity index (χ4n) is 0.938. The van der Waals surface area contributed by atoms with Crippen LogP contribution < -0.4 is 0 Å². The van der Waals surface area contributed by atoms with E-state index >= 15 is 0 Å². The Balaban J connectivity index is 3.49. The molecule has 0 saturated carbocycles. The summed E-state index contributed by atoms with van der Waals surface area (Å²) in [7, 11) is 0. The van der Waals surface area contributed by atoms with E-state index in [4.69, 9.17) is 11.6 Å². The molecule has 1 rings (SSSR count). The zero-order valence-electron chi connectivity index (χ0n) is 7.29. The number of hydrogen-bond acceptors (Lipinski definition) is 4. The zero-order valence-corrected chi connectivity index (χ0v) is 10.2. The van der Waals surface area contributed by atoms with Gasteiger partial charge in [-0.2, -0.15) is 0 Å². The molecule has 16 heavy (non-hydrogen) atoms. The molecule has 0 aromatic carbocycles. The minimum Gasteiger partial charge on any atom is -0.276 e. The molecule has 1 aromatic heterocycles. The lowest BCUT2D eigenvalue weighted by Gasteiger charge is -2.04. The maximum Gasteiger partial charge on any atom is 0.297 e. The van der Waals surface area contributed by atoms with Gasteiger partial charge in [-0.05, 0) is 34.2 Å². The van der Waals surface area contributed by atoms with E-state index in [9.17, 15) is 23.7 Å². The van der Waals surface area contributed by atoms with Gasteiger partial charge >= 0.3 is 0 Å². The number of carbonyl (C=O) groups excluding carboxylic acids is 1. The average Bonchev–Trinajstić information content (AvgIpc) is 2.15. The summed E-state index contributed by atoms with van der Waals surface area (Å²) in [6, 6.07) is 0.700. The zero-order chi connectivity index (χ0) is 12.5.